The molecule has 19 heavy (non-hydrogen) atoms. The van der Waals surface area contributed by atoms with Crippen LogP contribution in [0.1, 0.15) is 23.9 Å². The molecule has 0 atom stereocenters. The first-order valence-electron chi connectivity index (χ1n) is 6.07. The van der Waals surface area contributed by atoms with Crippen molar-refractivity contribution in [2.75, 3.05) is 11.9 Å². The molecule has 2 rings (SSSR count). The fourth-order valence-electron chi connectivity index (χ4n) is 1.72. The second-order valence-corrected chi connectivity index (χ2v) is 5.05. The summed E-state index contributed by atoms with van der Waals surface area (Å²) < 4.78 is 4.28. The Balaban J connectivity index is 2.12. The van der Waals surface area contributed by atoms with Crippen LogP contribution in [0.15, 0.2) is 24.3 Å². The number of nitrogens with zero attached hydrogens (tertiary/aromatic N) is 3. The summed E-state index contributed by atoms with van der Waals surface area (Å²) in [6, 6.07) is 7.70. The van der Waals surface area contributed by atoms with Crippen LogP contribution in [0.4, 0.5) is 5.13 Å². The van der Waals surface area contributed by atoms with Gasteiger partial charge in [0.1, 0.15) is 11.7 Å². The van der Waals surface area contributed by atoms with Gasteiger partial charge in [-0.3, -0.25) is 5.41 Å². The van der Waals surface area contributed by atoms with Crippen molar-refractivity contribution in [3.8, 4) is 0 Å². The molecule has 0 unspecified atom stereocenters. The van der Waals surface area contributed by atoms with Crippen molar-refractivity contribution in [3.05, 3.63) is 41.2 Å². The molecule has 2 aromatic rings. The first-order valence-corrected chi connectivity index (χ1v) is 6.84. The predicted octanol–water partition coefficient (Wildman–Crippen LogP) is 2.02. The number of rotatable bonds is 5. The SMILES string of the molecule is CCc1nsc(N(C)Cc2cccc(C(=N)N)c2)n1. The monoisotopic (exact) mass is 275 g/mol. The first kappa shape index (κ1) is 13.5. The van der Waals surface area contributed by atoms with Gasteiger partial charge in [-0.1, -0.05) is 25.1 Å². The van der Waals surface area contributed by atoms with Crippen molar-refractivity contribution in [1.82, 2.24) is 9.36 Å². The molecule has 0 aliphatic heterocycles. The number of nitrogen functional groups attached to an aromatic ring is 1. The molecule has 0 aliphatic rings. The van der Waals surface area contributed by atoms with Crippen molar-refractivity contribution in [2.45, 2.75) is 19.9 Å². The highest BCUT2D eigenvalue weighted by molar-refractivity contribution is 7.09. The topological polar surface area (TPSA) is 78.9 Å². The van der Waals surface area contributed by atoms with Gasteiger partial charge in [-0.15, -0.1) is 0 Å². The van der Waals surface area contributed by atoms with Crippen LogP contribution < -0.4 is 10.6 Å². The number of hydrogen-bond donors (Lipinski definition) is 2. The van der Waals surface area contributed by atoms with Crippen LogP contribution in [0.2, 0.25) is 0 Å². The quantitative estimate of drug-likeness (QED) is 0.646. The number of amidine groups is 1. The zero-order valence-electron chi connectivity index (χ0n) is 11.1. The smallest absolute Gasteiger partial charge is 0.205 e. The van der Waals surface area contributed by atoms with Gasteiger partial charge < -0.3 is 10.6 Å². The third kappa shape index (κ3) is 3.29. The molecule has 100 valence electrons. The van der Waals surface area contributed by atoms with E-state index in [4.69, 9.17) is 11.1 Å². The van der Waals surface area contributed by atoms with Crippen molar-refractivity contribution in [1.29, 1.82) is 5.41 Å². The summed E-state index contributed by atoms with van der Waals surface area (Å²) in [7, 11) is 1.99. The van der Waals surface area contributed by atoms with E-state index in [2.05, 4.69) is 14.3 Å². The molecule has 0 aliphatic carbocycles. The van der Waals surface area contributed by atoms with E-state index in [0.717, 1.165) is 35.0 Å². The highest BCUT2D eigenvalue weighted by atomic mass is 32.1. The summed E-state index contributed by atoms with van der Waals surface area (Å²) in [5.74, 6) is 0.970. The molecule has 0 radical (unpaired) electrons. The number of aromatic nitrogens is 2. The molecule has 3 N–H and O–H groups in total. The Morgan fingerprint density at radius 3 is 2.89 bits per heavy atom. The van der Waals surface area contributed by atoms with Crippen molar-refractivity contribution in [3.63, 3.8) is 0 Å². The average molecular weight is 275 g/mol. The minimum atomic E-state index is 0.0914. The van der Waals surface area contributed by atoms with Gasteiger partial charge in [0.05, 0.1) is 0 Å². The lowest BCUT2D eigenvalue weighted by Gasteiger charge is -2.15. The molecule has 0 saturated heterocycles. The average Bonchev–Trinajstić information content (AvgIpc) is 2.88. The third-order valence-electron chi connectivity index (χ3n) is 2.76. The second-order valence-electron chi connectivity index (χ2n) is 4.32. The van der Waals surface area contributed by atoms with Crippen molar-refractivity contribution < 1.29 is 0 Å². The van der Waals surface area contributed by atoms with Gasteiger partial charge in [-0.2, -0.15) is 4.37 Å². The predicted molar refractivity (Wildman–Crippen MR) is 78.9 cm³/mol. The Kier molecular flexibility index (Phi) is 4.11. The molecule has 0 bridgehead atoms. The van der Waals surface area contributed by atoms with E-state index in [0.29, 0.717) is 0 Å². The van der Waals surface area contributed by atoms with Crippen molar-refractivity contribution in [2.24, 2.45) is 5.73 Å². The molecule has 1 aromatic carbocycles. The molecular weight excluding hydrogens is 258 g/mol. The lowest BCUT2D eigenvalue weighted by molar-refractivity contribution is 0.898. The molecule has 0 amide bonds. The van der Waals surface area contributed by atoms with E-state index in [1.54, 1.807) is 0 Å². The van der Waals surface area contributed by atoms with Crippen LogP contribution in [0.25, 0.3) is 0 Å². The van der Waals surface area contributed by atoms with Crippen LogP contribution in [0, 0.1) is 5.41 Å². The summed E-state index contributed by atoms with van der Waals surface area (Å²) in [6.07, 6.45) is 0.851. The number of benzene rings is 1. The van der Waals surface area contributed by atoms with Crippen LogP contribution >= 0.6 is 11.5 Å². The molecule has 0 fully saturated rings. The highest BCUT2D eigenvalue weighted by Gasteiger charge is 2.08. The van der Waals surface area contributed by atoms with E-state index in [1.807, 2.05) is 38.2 Å². The molecule has 1 aromatic heterocycles. The third-order valence-corrected chi connectivity index (χ3v) is 3.63. The standard InChI is InChI=1S/C13H17N5S/c1-3-11-16-13(19-17-11)18(2)8-9-5-4-6-10(7-9)12(14)15/h4-7H,3,8H2,1-2H3,(H3,14,15). The maximum absolute atomic E-state index is 7.45. The Hall–Kier alpha value is -1.95. The van der Waals surface area contributed by atoms with Gasteiger partial charge in [-0.25, -0.2) is 4.98 Å². The van der Waals surface area contributed by atoms with E-state index in [9.17, 15) is 0 Å². The van der Waals surface area contributed by atoms with Crippen LogP contribution in [-0.4, -0.2) is 22.2 Å². The largest absolute Gasteiger partial charge is 0.384 e. The van der Waals surface area contributed by atoms with Gasteiger partial charge in [-0.05, 0) is 11.6 Å². The zero-order valence-corrected chi connectivity index (χ0v) is 11.9. The Labute approximate surface area is 116 Å². The molecule has 0 spiro atoms. The minimum absolute atomic E-state index is 0.0914. The zero-order chi connectivity index (χ0) is 13.8. The van der Waals surface area contributed by atoms with Gasteiger partial charge >= 0.3 is 0 Å². The van der Waals surface area contributed by atoms with E-state index in [-0.39, 0.29) is 5.84 Å². The number of hydrogen-bond acceptors (Lipinski definition) is 5. The molecule has 0 saturated carbocycles. The van der Waals surface area contributed by atoms with Crippen LogP contribution in [-0.2, 0) is 13.0 Å². The summed E-state index contributed by atoms with van der Waals surface area (Å²) in [6.45, 7) is 2.77. The van der Waals surface area contributed by atoms with Gasteiger partial charge in [0.2, 0.25) is 5.13 Å². The fourth-order valence-corrected chi connectivity index (χ4v) is 2.43. The summed E-state index contributed by atoms with van der Waals surface area (Å²) >= 11 is 1.41. The molecule has 5 nitrogen and oxygen atoms in total. The Morgan fingerprint density at radius 1 is 1.47 bits per heavy atom. The fraction of sp³-hybridized carbons (Fsp3) is 0.308. The number of nitrogens with two attached hydrogens (primary N) is 1. The number of anilines is 1. The van der Waals surface area contributed by atoms with Crippen LogP contribution in [0.5, 0.6) is 0 Å². The number of nitrogens with one attached hydrogen (secondary N) is 1. The highest BCUT2D eigenvalue weighted by Crippen LogP contribution is 2.18. The summed E-state index contributed by atoms with van der Waals surface area (Å²) in [5, 5.41) is 8.36. The minimum Gasteiger partial charge on any atom is -0.384 e. The first-order chi connectivity index (χ1) is 9.10. The van der Waals surface area contributed by atoms with E-state index >= 15 is 0 Å². The Morgan fingerprint density at radius 2 is 2.26 bits per heavy atom. The summed E-state index contributed by atoms with van der Waals surface area (Å²) in [5.41, 5.74) is 7.34. The van der Waals surface area contributed by atoms with Crippen molar-refractivity contribution >= 4 is 22.5 Å². The normalized spacial score (nSPS) is 10.4. The van der Waals surface area contributed by atoms with Gasteiger partial charge in [0.15, 0.2) is 0 Å². The van der Waals surface area contributed by atoms with E-state index in [1.165, 1.54) is 11.5 Å². The maximum Gasteiger partial charge on any atom is 0.205 e. The number of aryl methyl sites for hydroxylation is 1. The lowest BCUT2D eigenvalue weighted by atomic mass is 10.1. The molecule has 1 heterocycles. The molecular formula is C13H17N5S. The van der Waals surface area contributed by atoms with Gasteiger partial charge in [0.25, 0.3) is 0 Å². The van der Waals surface area contributed by atoms with E-state index < -0.39 is 0 Å². The van der Waals surface area contributed by atoms with Gasteiger partial charge in [0, 0.05) is 37.1 Å². The second kappa shape index (κ2) is 5.79. The van der Waals surface area contributed by atoms with Crippen LogP contribution in [0.3, 0.4) is 0 Å². The summed E-state index contributed by atoms with van der Waals surface area (Å²) in [4.78, 5) is 6.50. The Bertz CT molecular complexity index is 578. The lowest BCUT2D eigenvalue weighted by Crippen LogP contribution is -2.17. The molecule has 6 heteroatoms. The maximum atomic E-state index is 7.45.